The number of hydrogen-bond acceptors (Lipinski definition) is 4. The standard InChI is InChI=1S/C23H42N4/c1-7-19-20(8-2)22-17-26(11-5)15-13-25(10-4)14-16-27(12-6)18-23(24-22)21(19)9-3/h7-18H2,1-6H3. The van der Waals surface area contributed by atoms with Crippen molar-refractivity contribution < 1.29 is 0 Å². The van der Waals surface area contributed by atoms with Crippen LogP contribution >= 0.6 is 0 Å². The van der Waals surface area contributed by atoms with E-state index in [0.29, 0.717) is 0 Å². The van der Waals surface area contributed by atoms with Crippen LogP contribution in [0.25, 0.3) is 0 Å². The highest BCUT2D eigenvalue weighted by molar-refractivity contribution is 5.41. The maximum atomic E-state index is 5.29. The highest BCUT2D eigenvalue weighted by Gasteiger charge is 2.21. The Balaban J connectivity index is 2.52. The Kier molecular flexibility index (Phi) is 9.20. The molecule has 1 aromatic rings. The third-order valence-corrected chi connectivity index (χ3v) is 6.31. The van der Waals surface area contributed by atoms with Gasteiger partial charge in [-0.2, -0.15) is 0 Å². The van der Waals surface area contributed by atoms with E-state index in [4.69, 9.17) is 4.98 Å². The highest BCUT2D eigenvalue weighted by atomic mass is 15.2. The maximum absolute atomic E-state index is 5.29. The lowest BCUT2D eigenvalue weighted by Crippen LogP contribution is -2.40. The van der Waals surface area contributed by atoms with Crippen molar-refractivity contribution in [3.8, 4) is 0 Å². The van der Waals surface area contributed by atoms with Crippen LogP contribution in [-0.4, -0.2) is 65.5 Å². The molecule has 1 aliphatic heterocycles. The molecule has 0 N–H and O–H groups in total. The van der Waals surface area contributed by atoms with Crippen molar-refractivity contribution in [2.45, 2.75) is 73.9 Å². The summed E-state index contributed by atoms with van der Waals surface area (Å²) in [4.78, 5) is 13.1. The van der Waals surface area contributed by atoms with Crippen LogP contribution in [0, 0.1) is 0 Å². The Morgan fingerprint density at radius 1 is 0.556 bits per heavy atom. The van der Waals surface area contributed by atoms with Crippen LogP contribution < -0.4 is 0 Å². The molecule has 2 heterocycles. The number of fused-ring (bicyclic) bond motifs is 2. The number of aromatic nitrogens is 1. The third-order valence-electron chi connectivity index (χ3n) is 6.31. The van der Waals surface area contributed by atoms with Crippen LogP contribution in [0.3, 0.4) is 0 Å². The minimum Gasteiger partial charge on any atom is -0.301 e. The first-order valence-electron chi connectivity index (χ1n) is 11.3. The molecule has 27 heavy (non-hydrogen) atoms. The third kappa shape index (κ3) is 5.52. The van der Waals surface area contributed by atoms with Crippen molar-refractivity contribution in [1.82, 2.24) is 19.7 Å². The SMILES string of the molecule is CCc1c2nc(c(CC)c1CC)CN(CC)CCN(CC)CCN(CC)C2. The highest BCUT2D eigenvalue weighted by Crippen LogP contribution is 2.25. The van der Waals surface area contributed by atoms with Gasteiger partial charge in [0.1, 0.15) is 0 Å². The van der Waals surface area contributed by atoms with E-state index in [9.17, 15) is 0 Å². The molecule has 0 saturated heterocycles. The second-order valence-corrected chi connectivity index (χ2v) is 7.67. The second-order valence-electron chi connectivity index (χ2n) is 7.67. The van der Waals surface area contributed by atoms with E-state index in [1.807, 2.05) is 0 Å². The molecule has 1 aromatic heterocycles. The summed E-state index contributed by atoms with van der Waals surface area (Å²) in [6.07, 6.45) is 3.31. The molecule has 2 bridgehead atoms. The molecule has 4 nitrogen and oxygen atoms in total. The van der Waals surface area contributed by atoms with Gasteiger partial charge in [-0.25, -0.2) is 0 Å². The van der Waals surface area contributed by atoms with Crippen LogP contribution in [-0.2, 0) is 32.4 Å². The molecule has 0 spiro atoms. The van der Waals surface area contributed by atoms with Crippen molar-refractivity contribution in [2.75, 3.05) is 45.8 Å². The summed E-state index contributed by atoms with van der Waals surface area (Å²) in [5.41, 5.74) is 7.29. The van der Waals surface area contributed by atoms with Gasteiger partial charge < -0.3 is 4.90 Å². The molecule has 0 aromatic carbocycles. The van der Waals surface area contributed by atoms with Gasteiger partial charge in [0, 0.05) is 39.3 Å². The first kappa shape index (κ1) is 22.3. The monoisotopic (exact) mass is 374 g/mol. The van der Waals surface area contributed by atoms with Gasteiger partial charge in [-0.3, -0.25) is 14.8 Å². The Morgan fingerprint density at radius 3 is 1.26 bits per heavy atom. The fourth-order valence-corrected chi connectivity index (χ4v) is 4.47. The fourth-order valence-electron chi connectivity index (χ4n) is 4.47. The van der Waals surface area contributed by atoms with Crippen LogP contribution in [0.4, 0.5) is 0 Å². The summed E-state index contributed by atoms with van der Waals surface area (Å²) < 4.78 is 0. The van der Waals surface area contributed by atoms with Crippen LogP contribution in [0.1, 0.15) is 69.6 Å². The number of likely N-dealkylation sites (N-methyl/N-ethyl adjacent to an activating group) is 3. The minimum absolute atomic E-state index is 0.993. The average molecular weight is 375 g/mol. The molecule has 154 valence electrons. The predicted octanol–water partition coefficient (Wildman–Crippen LogP) is 3.75. The van der Waals surface area contributed by atoms with Gasteiger partial charge >= 0.3 is 0 Å². The molecule has 0 amide bonds. The Labute approximate surface area is 167 Å². The zero-order chi connectivity index (χ0) is 19.8. The van der Waals surface area contributed by atoms with E-state index in [0.717, 1.165) is 78.2 Å². The van der Waals surface area contributed by atoms with Gasteiger partial charge in [0.25, 0.3) is 0 Å². The summed E-state index contributed by atoms with van der Waals surface area (Å²) >= 11 is 0. The predicted molar refractivity (Wildman–Crippen MR) is 116 cm³/mol. The van der Waals surface area contributed by atoms with Gasteiger partial charge in [0.2, 0.25) is 0 Å². The molecule has 4 heteroatoms. The summed E-state index contributed by atoms with van der Waals surface area (Å²) in [6.45, 7) is 23.7. The van der Waals surface area contributed by atoms with E-state index in [2.05, 4.69) is 56.2 Å². The molecule has 0 unspecified atom stereocenters. The topological polar surface area (TPSA) is 22.6 Å². The van der Waals surface area contributed by atoms with E-state index in [1.165, 1.54) is 22.5 Å². The molecule has 2 rings (SSSR count). The van der Waals surface area contributed by atoms with Crippen molar-refractivity contribution in [3.05, 3.63) is 28.1 Å². The lowest BCUT2D eigenvalue weighted by atomic mass is 9.92. The number of hydrogen-bond donors (Lipinski definition) is 0. The zero-order valence-corrected chi connectivity index (χ0v) is 18.8. The van der Waals surface area contributed by atoms with E-state index in [-0.39, 0.29) is 0 Å². The smallest absolute Gasteiger partial charge is 0.0582 e. The minimum atomic E-state index is 0.993. The Hall–Kier alpha value is -0.970. The number of pyridine rings is 1. The lowest BCUT2D eigenvalue weighted by Gasteiger charge is -2.31. The summed E-state index contributed by atoms with van der Waals surface area (Å²) in [7, 11) is 0. The van der Waals surface area contributed by atoms with Gasteiger partial charge in [-0.1, -0.05) is 41.5 Å². The van der Waals surface area contributed by atoms with E-state index >= 15 is 0 Å². The zero-order valence-electron chi connectivity index (χ0n) is 18.8. The summed E-state index contributed by atoms with van der Waals surface area (Å²) in [5, 5.41) is 0. The van der Waals surface area contributed by atoms with Gasteiger partial charge in [-0.05, 0) is 55.6 Å². The van der Waals surface area contributed by atoms with Gasteiger partial charge in [0.15, 0.2) is 0 Å². The first-order chi connectivity index (χ1) is 13.1. The first-order valence-corrected chi connectivity index (χ1v) is 11.3. The molecule has 0 atom stereocenters. The van der Waals surface area contributed by atoms with Crippen LogP contribution in [0.2, 0.25) is 0 Å². The van der Waals surface area contributed by atoms with Crippen LogP contribution in [0.15, 0.2) is 0 Å². The normalized spacial score (nSPS) is 18.3. The van der Waals surface area contributed by atoms with Crippen molar-refractivity contribution in [2.24, 2.45) is 0 Å². The maximum Gasteiger partial charge on any atom is 0.0582 e. The molecular formula is C23H42N4. The van der Waals surface area contributed by atoms with Gasteiger partial charge in [-0.15, -0.1) is 0 Å². The Morgan fingerprint density at radius 2 is 0.926 bits per heavy atom. The molecule has 0 aliphatic carbocycles. The molecule has 0 fully saturated rings. The largest absolute Gasteiger partial charge is 0.301 e. The molecular weight excluding hydrogens is 332 g/mol. The quantitative estimate of drug-likeness (QED) is 0.756. The summed E-state index contributed by atoms with van der Waals surface area (Å²) in [6, 6.07) is 0. The second kappa shape index (κ2) is 11.1. The van der Waals surface area contributed by atoms with Crippen molar-refractivity contribution >= 4 is 0 Å². The lowest BCUT2D eigenvalue weighted by molar-refractivity contribution is 0.175. The van der Waals surface area contributed by atoms with E-state index in [1.54, 1.807) is 5.56 Å². The van der Waals surface area contributed by atoms with Gasteiger partial charge in [0.05, 0.1) is 11.4 Å². The van der Waals surface area contributed by atoms with E-state index < -0.39 is 0 Å². The summed E-state index contributed by atoms with van der Waals surface area (Å²) in [5.74, 6) is 0. The number of nitrogens with zero attached hydrogens (tertiary/aromatic N) is 4. The number of rotatable bonds is 6. The van der Waals surface area contributed by atoms with Crippen molar-refractivity contribution in [1.29, 1.82) is 0 Å². The fraction of sp³-hybridized carbons (Fsp3) is 0.783. The Bertz CT molecular complexity index is 540. The molecule has 0 saturated carbocycles. The van der Waals surface area contributed by atoms with Crippen LogP contribution in [0.5, 0.6) is 0 Å². The molecule has 1 aliphatic rings. The average Bonchev–Trinajstić information content (AvgIpc) is 2.69. The van der Waals surface area contributed by atoms with Crippen molar-refractivity contribution in [3.63, 3.8) is 0 Å². The molecule has 0 radical (unpaired) electrons.